The van der Waals surface area contributed by atoms with Gasteiger partial charge in [-0.2, -0.15) is 14.9 Å². The van der Waals surface area contributed by atoms with Crippen LogP contribution in [0.1, 0.15) is 12.5 Å². The first-order chi connectivity index (χ1) is 15.1. The second-order valence-corrected chi connectivity index (χ2v) is 6.55. The molecule has 0 bridgehead atoms. The van der Waals surface area contributed by atoms with Gasteiger partial charge in [-0.25, -0.2) is 5.10 Å². The van der Waals surface area contributed by atoms with Gasteiger partial charge >= 0.3 is 0 Å². The molecule has 0 unspecified atom stereocenters. The fourth-order valence-corrected chi connectivity index (χ4v) is 3.14. The summed E-state index contributed by atoms with van der Waals surface area (Å²) < 4.78 is 29.0. The SMILES string of the molecule is CCOc1ccc(/C=N\n2c(-c3cc(OC)c(OC)c(OC)c3)n[nH]c2=S)cc1OC. The number of aromatic nitrogens is 3. The van der Waals surface area contributed by atoms with Crippen molar-refractivity contribution in [2.75, 3.05) is 35.0 Å². The number of ether oxygens (including phenoxy) is 5. The molecule has 0 aliphatic carbocycles. The van der Waals surface area contributed by atoms with Gasteiger partial charge < -0.3 is 23.7 Å². The Hall–Kier alpha value is -3.53. The Morgan fingerprint density at radius 1 is 0.968 bits per heavy atom. The van der Waals surface area contributed by atoms with Crippen LogP contribution < -0.4 is 23.7 Å². The third-order valence-electron chi connectivity index (χ3n) is 4.38. The minimum Gasteiger partial charge on any atom is -0.493 e. The predicted octanol–water partition coefficient (Wildman–Crippen LogP) is 3.92. The molecule has 0 spiro atoms. The van der Waals surface area contributed by atoms with Crippen LogP contribution in [0.15, 0.2) is 35.4 Å². The fraction of sp³-hybridized carbons (Fsp3) is 0.286. The largest absolute Gasteiger partial charge is 0.493 e. The summed E-state index contributed by atoms with van der Waals surface area (Å²) >= 11 is 5.36. The minimum absolute atomic E-state index is 0.331. The second-order valence-electron chi connectivity index (χ2n) is 6.17. The van der Waals surface area contributed by atoms with Gasteiger partial charge in [-0.3, -0.25) is 0 Å². The molecular formula is C21H24N4O5S. The molecular weight excluding hydrogens is 420 g/mol. The predicted molar refractivity (Wildman–Crippen MR) is 120 cm³/mol. The van der Waals surface area contributed by atoms with Gasteiger partial charge in [-0.15, -0.1) is 0 Å². The van der Waals surface area contributed by atoms with Crippen molar-refractivity contribution in [3.63, 3.8) is 0 Å². The van der Waals surface area contributed by atoms with E-state index < -0.39 is 0 Å². The van der Waals surface area contributed by atoms with Crippen molar-refractivity contribution in [2.45, 2.75) is 6.92 Å². The van der Waals surface area contributed by atoms with Crippen molar-refractivity contribution in [1.82, 2.24) is 14.9 Å². The minimum atomic E-state index is 0.331. The van der Waals surface area contributed by atoms with Crippen LogP contribution in [0.5, 0.6) is 28.7 Å². The van der Waals surface area contributed by atoms with Gasteiger partial charge in [0.05, 0.1) is 41.3 Å². The summed E-state index contributed by atoms with van der Waals surface area (Å²) in [4.78, 5) is 0. The molecule has 1 heterocycles. The number of aromatic amines is 1. The van der Waals surface area contributed by atoms with Crippen molar-refractivity contribution in [1.29, 1.82) is 0 Å². The van der Waals surface area contributed by atoms with Gasteiger partial charge in [-0.1, -0.05) is 0 Å². The van der Waals surface area contributed by atoms with Gasteiger partial charge in [0, 0.05) is 5.56 Å². The van der Waals surface area contributed by atoms with E-state index >= 15 is 0 Å². The Kier molecular flexibility index (Phi) is 7.14. The number of nitrogens with zero attached hydrogens (tertiary/aromatic N) is 3. The van der Waals surface area contributed by atoms with Crippen molar-refractivity contribution in [2.24, 2.45) is 5.10 Å². The van der Waals surface area contributed by atoms with E-state index in [1.807, 2.05) is 25.1 Å². The third-order valence-corrected chi connectivity index (χ3v) is 4.65. The lowest BCUT2D eigenvalue weighted by molar-refractivity contribution is 0.311. The Balaban J connectivity index is 2.02. The summed E-state index contributed by atoms with van der Waals surface area (Å²) in [5.74, 6) is 3.25. The topological polar surface area (TPSA) is 92.1 Å². The number of hydrogen-bond acceptors (Lipinski definition) is 8. The van der Waals surface area contributed by atoms with E-state index in [4.69, 9.17) is 35.9 Å². The molecule has 0 fully saturated rings. The lowest BCUT2D eigenvalue weighted by Crippen LogP contribution is -1.99. The van der Waals surface area contributed by atoms with Crippen LogP contribution in [0.2, 0.25) is 0 Å². The highest BCUT2D eigenvalue weighted by Crippen LogP contribution is 2.40. The lowest BCUT2D eigenvalue weighted by atomic mass is 10.1. The normalized spacial score (nSPS) is 10.9. The molecule has 1 aromatic heterocycles. The first kappa shape index (κ1) is 22.2. The van der Waals surface area contributed by atoms with E-state index in [-0.39, 0.29) is 0 Å². The summed E-state index contributed by atoms with van der Waals surface area (Å²) in [5, 5.41) is 11.6. The van der Waals surface area contributed by atoms with Crippen LogP contribution in [0.25, 0.3) is 11.4 Å². The number of nitrogens with one attached hydrogen (secondary N) is 1. The van der Waals surface area contributed by atoms with Crippen LogP contribution in [0.3, 0.4) is 0 Å². The van der Waals surface area contributed by atoms with E-state index in [0.29, 0.717) is 51.5 Å². The maximum absolute atomic E-state index is 5.55. The molecule has 0 amide bonds. The summed E-state index contributed by atoms with van der Waals surface area (Å²) in [6.07, 6.45) is 1.66. The van der Waals surface area contributed by atoms with Crippen molar-refractivity contribution in [3.8, 4) is 40.1 Å². The highest BCUT2D eigenvalue weighted by atomic mass is 32.1. The zero-order chi connectivity index (χ0) is 22.4. The molecule has 1 N–H and O–H groups in total. The molecule has 0 radical (unpaired) electrons. The monoisotopic (exact) mass is 444 g/mol. The molecule has 0 atom stereocenters. The Morgan fingerprint density at radius 2 is 1.65 bits per heavy atom. The summed E-state index contributed by atoms with van der Waals surface area (Å²) in [6, 6.07) is 9.09. The molecule has 3 aromatic rings. The Morgan fingerprint density at radius 3 is 2.23 bits per heavy atom. The Labute approximate surface area is 185 Å². The second kappa shape index (κ2) is 9.98. The first-order valence-electron chi connectivity index (χ1n) is 9.39. The van der Waals surface area contributed by atoms with Gasteiger partial charge in [0.1, 0.15) is 0 Å². The van der Waals surface area contributed by atoms with Crippen molar-refractivity contribution < 1.29 is 23.7 Å². The summed E-state index contributed by atoms with van der Waals surface area (Å²) in [6.45, 7) is 2.46. The summed E-state index contributed by atoms with van der Waals surface area (Å²) in [5.41, 5.74) is 1.49. The zero-order valence-electron chi connectivity index (χ0n) is 18.0. The first-order valence-corrected chi connectivity index (χ1v) is 9.80. The van der Waals surface area contributed by atoms with Gasteiger partial charge in [-0.05, 0) is 55.0 Å². The van der Waals surface area contributed by atoms with Gasteiger partial charge in [0.2, 0.25) is 10.5 Å². The van der Waals surface area contributed by atoms with Gasteiger partial charge in [0.15, 0.2) is 28.8 Å². The van der Waals surface area contributed by atoms with E-state index in [2.05, 4.69) is 15.3 Å². The molecule has 10 heteroatoms. The third kappa shape index (κ3) is 4.64. The van der Waals surface area contributed by atoms with E-state index in [0.717, 1.165) is 5.56 Å². The average molecular weight is 445 g/mol. The maximum atomic E-state index is 5.55. The molecule has 164 valence electrons. The fourth-order valence-electron chi connectivity index (χ4n) is 2.96. The number of methoxy groups -OCH3 is 4. The van der Waals surface area contributed by atoms with E-state index in [1.54, 1.807) is 46.8 Å². The average Bonchev–Trinajstić information content (AvgIpc) is 3.17. The summed E-state index contributed by atoms with van der Waals surface area (Å²) in [7, 11) is 6.24. The molecule has 0 saturated heterocycles. The van der Waals surface area contributed by atoms with Crippen LogP contribution >= 0.6 is 12.2 Å². The maximum Gasteiger partial charge on any atom is 0.216 e. The van der Waals surface area contributed by atoms with E-state index in [1.165, 1.54) is 4.68 Å². The quantitative estimate of drug-likeness (QED) is 0.395. The standard InChI is InChI=1S/C21H24N4O5S/c1-6-30-15-8-7-13(9-16(15)26-2)12-22-25-20(23-24-21(25)31)14-10-17(27-3)19(29-5)18(11-14)28-4/h7-12H,6H2,1-5H3,(H,24,31)/b22-12-. The van der Waals surface area contributed by atoms with Crippen LogP contribution in [-0.4, -0.2) is 56.1 Å². The number of rotatable bonds is 9. The van der Waals surface area contributed by atoms with Crippen molar-refractivity contribution in [3.05, 3.63) is 40.7 Å². The number of hydrogen-bond donors (Lipinski definition) is 1. The van der Waals surface area contributed by atoms with Crippen LogP contribution in [-0.2, 0) is 0 Å². The van der Waals surface area contributed by atoms with Gasteiger partial charge in [0.25, 0.3) is 0 Å². The van der Waals surface area contributed by atoms with Crippen molar-refractivity contribution >= 4 is 18.4 Å². The molecule has 0 aliphatic rings. The highest BCUT2D eigenvalue weighted by molar-refractivity contribution is 7.71. The molecule has 3 rings (SSSR count). The number of H-pyrrole nitrogens is 1. The molecule has 0 saturated carbocycles. The number of benzene rings is 2. The molecule has 0 aliphatic heterocycles. The van der Waals surface area contributed by atoms with Crippen LogP contribution in [0.4, 0.5) is 0 Å². The van der Waals surface area contributed by atoms with E-state index in [9.17, 15) is 0 Å². The molecule has 9 nitrogen and oxygen atoms in total. The Bertz CT molecular complexity index is 1110. The molecule has 31 heavy (non-hydrogen) atoms. The lowest BCUT2D eigenvalue weighted by Gasteiger charge is -2.13. The highest BCUT2D eigenvalue weighted by Gasteiger charge is 2.17. The zero-order valence-corrected chi connectivity index (χ0v) is 18.8. The van der Waals surface area contributed by atoms with Crippen LogP contribution in [0, 0.1) is 4.77 Å². The molecule has 2 aromatic carbocycles. The smallest absolute Gasteiger partial charge is 0.216 e.